The van der Waals surface area contributed by atoms with Gasteiger partial charge in [0, 0.05) is 13.5 Å². The van der Waals surface area contributed by atoms with E-state index in [1.54, 1.807) is 0 Å². The minimum absolute atomic E-state index is 0.0555. The molecule has 0 aliphatic heterocycles. The molecule has 1 aromatic rings. The van der Waals surface area contributed by atoms with Crippen molar-refractivity contribution in [1.82, 2.24) is 4.90 Å². The van der Waals surface area contributed by atoms with Crippen molar-refractivity contribution in [1.29, 1.82) is 0 Å². The maximum Gasteiger partial charge on any atom is 0.333 e. The largest absolute Gasteiger partial charge is 0.467 e. The van der Waals surface area contributed by atoms with Gasteiger partial charge in [-0.3, -0.25) is 4.79 Å². The molecule has 0 aliphatic carbocycles. The lowest BCUT2D eigenvalue weighted by Gasteiger charge is -2.28. The van der Waals surface area contributed by atoms with E-state index in [0.29, 0.717) is 12.1 Å². The maximum atomic E-state index is 13.5. The second kappa shape index (κ2) is 8.17. The van der Waals surface area contributed by atoms with Crippen LogP contribution in [0.25, 0.3) is 0 Å². The number of carbonyl (C=O) groups excluding carboxylic acids is 2. The third-order valence-corrected chi connectivity index (χ3v) is 4.16. The predicted octanol–water partition coefficient (Wildman–Crippen LogP) is 3.46. The molecule has 1 rings (SSSR count). The number of amides is 1. The Bertz CT molecular complexity index is 596. The minimum Gasteiger partial charge on any atom is -0.467 e. The first-order chi connectivity index (χ1) is 11.1. The summed E-state index contributed by atoms with van der Waals surface area (Å²) in [6, 6.07) is 0.0251. The van der Waals surface area contributed by atoms with Gasteiger partial charge in [0.15, 0.2) is 23.5 Å². The molecule has 1 aromatic carbocycles. The SMILES string of the molecule is COC(=O)[C@@H](c1cc(F)c(F)c(F)c1)N(C)C(=O)C[C@H](C)C(C)C. The maximum absolute atomic E-state index is 13.5. The first-order valence-electron chi connectivity index (χ1n) is 7.58. The fourth-order valence-electron chi connectivity index (χ4n) is 2.16. The van der Waals surface area contributed by atoms with Gasteiger partial charge in [-0.1, -0.05) is 20.8 Å². The van der Waals surface area contributed by atoms with E-state index in [-0.39, 0.29) is 29.7 Å². The molecule has 134 valence electrons. The van der Waals surface area contributed by atoms with Gasteiger partial charge in [-0.25, -0.2) is 18.0 Å². The second-order valence-corrected chi connectivity index (χ2v) is 6.15. The van der Waals surface area contributed by atoms with E-state index in [1.807, 2.05) is 20.8 Å². The molecule has 0 spiro atoms. The fraction of sp³-hybridized carbons (Fsp3) is 0.529. The van der Waals surface area contributed by atoms with Crippen molar-refractivity contribution in [2.24, 2.45) is 11.8 Å². The second-order valence-electron chi connectivity index (χ2n) is 6.15. The highest BCUT2D eigenvalue weighted by atomic mass is 19.2. The molecule has 0 bridgehead atoms. The summed E-state index contributed by atoms with van der Waals surface area (Å²) >= 11 is 0. The number of rotatable bonds is 6. The van der Waals surface area contributed by atoms with Crippen LogP contribution in [0.1, 0.15) is 38.8 Å². The van der Waals surface area contributed by atoms with Gasteiger partial charge in [-0.2, -0.15) is 0 Å². The van der Waals surface area contributed by atoms with Crippen LogP contribution in [0.4, 0.5) is 13.2 Å². The number of benzene rings is 1. The smallest absolute Gasteiger partial charge is 0.333 e. The Balaban J connectivity index is 3.18. The number of esters is 1. The number of hydrogen-bond donors (Lipinski definition) is 0. The standard InChI is InChI=1S/C17H22F3NO3/c1-9(2)10(3)6-14(22)21(4)16(17(23)24-5)11-7-12(18)15(20)13(19)8-11/h7-10,16H,6H2,1-5H3/t10-,16+/m0/s1. The highest BCUT2D eigenvalue weighted by Gasteiger charge is 2.32. The molecular weight excluding hydrogens is 323 g/mol. The highest BCUT2D eigenvalue weighted by Crippen LogP contribution is 2.26. The third kappa shape index (κ3) is 4.49. The summed E-state index contributed by atoms with van der Waals surface area (Å²) in [5.41, 5.74) is -0.189. The van der Waals surface area contributed by atoms with E-state index >= 15 is 0 Å². The van der Waals surface area contributed by atoms with Crippen molar-refractivity contribution in [3.63, 3.8) is 0 Å². The molecule has 0 saturated carbocycles. The Morgan fingerprint density at radius 1 is 1.12 bits per heavy atom. The van der Waals surface area contributed by atoms with Crippen molar-refractivity contribution in [3.8, 4) is 0 Å². The summed E-state index contributed by atoms with van der Waals surface area (Å²) in [4.78, 5) is 25.5. The average molecular weight is 345 g/mol. The zero-order valence-electron chi connectivity index (χ0n) is 14.4. The lowest BCUT2D eigenvalue weighted by molar-refractivity contribution is -0.152. The van der Waals surface area contributed by atoms with E-state index in [2.05, 4.69) is 4.74 Å². The van der Waals surface area contributed by atoms with Crippen LogP contribution in [-0.4, -0.2) is 30.9 Å². The van der Waals surface area contributed by atoms with Crippen LogP contribution < -0.4 is 0 Å². The number of halogens is 3. The van der Waals surface area contributed by atoms with Gasteiger partial charge >= 0.3 is 5.97 Å². The Morgan fingerprint density at radius 2 is 1.62 bits per heavy atom. The topological polar surface area (TPSA) is 46.6 Å². The number of ether oxygens (including phenoxy) is 1. The molecule has 0 radical (unpaired) electrons. The Kier molecular flexibility index (Phi) is 6.81. The number of likely N-dealkylation sites (N-methyl/N-ethyl adjacent to an activating group) is 1. The first kappa shape index (κ1) is 20.0. The summed E-state index contributed by atoms with van der Waals surface area (Å²) in [7, 11) is 2.44. The Hall–Kier alpha value is -2.05. The fourth-order valence-corrected chi connectivity index (χ4v) is 2.16. The number of nitrogens with zero attached hydrogens (tertiary/aromatic N) is 1. The van der Waals surface area contributed by atoms with Crippen molar-refractivity contribution in [2.45, 2.75) is 33.2 Å². The normalized spacial score (nSPS) is 13.5. The van der Waals surface area contributed by atoms with E-state index in [1.165, 1.54) is 7.05 Å². The lowest BCUT2D eigenvalue weighted by atomic mass is 9.93. The Labute approximate surface area is 139 Å². The summed E-state index contributed by atoms with van der Waals surface area (Å²) in [5.74, 6) is -5.44. The van der Waals surface area contributed by atoms with E-state index in [0.717, 1.165) is 12.0 Å². The predicted molar refractivity (Wildman–Crippen MR) is 82.5 cm³/mol. The molecule has 2 atom stereocenters. The molecule has 0 unspecified atom stereocenters. The molecule has 0 aliphatic rings. The van der Waals surface area contributed by atoms with Gasteiger partial charge in [0.1, 0.15) is 0 Å². The number of carbonyl (C=O) groups is 2. The van der Waals surface area contributed by atoms with Crippen molar-refractivity contribution in [2.75, 3.05) is 14.2 Å². The van der Waals surface area contributed by atoms with Gasteiger partial charge in [0.05, 0.1) is 7.11 Å². The molecule has 24 heavy (non-hydrogen) atoms. The van der Waals surface area contributed by atoms with E-state index in [9.17, 15) is 22.8 Å². The number of methoxy groups -OCH3 is 1. The summed E-state index contributed by atoms with van der Waals surface area (Å²) in [6.45, 7) is 5.81. The van der Waals surface area contributed by atoms with Crippen LogP contribution in [0, 0.1) is 29.3 Å². The van der Waals surface area contributed by atoms with Crippen molar-refractivity contribution < 1.29 is 27.5 Å². The molecule has 0 fully saturated rings. The first-order valence-corrected chi connectivity index (χ1v) is 7.58. The van der Waals surface area contributed by atoms with Crippen LogP contribution in [-0.2, 0) is 14.3 Å². The van der Waals surface area contributed by atoms with E-state index in [4.69, 9.17) is 0 Å². The number of hydrogen-bond acceptors (Lipinski definition) is 3. The zero-order valence-corrected chi connectivity index (χ0v) is 14.4. The van der Waals surface area contributed by atoms with Crippen LogP contribution in [0.2, 0.25) is 0 Å². The summed E-state index contributed by atoms with van der Waals surface area (Å²) in [5, 5.41) is 0. The van der Waals surface area contributed by atoms with Crippen molar-refractivity contribution >= 4 is 11.9 Å². The van der Waals surface area contributed by atoms with Gasteiger partial charge in [0.25, 0.3) is 0 Å². The molecular formula is C17H22F3NO3. The van der Waals surface area contributed by atoms with Crippen LogP contribution in [0.15, 0.2) is 12.1 Å². The third-order valence-electron chi connectivity index (χ3n) is 4.16. The van der Waals surface area contributed by atoms with E-state index < -0.39 is 29.5 Å². The molecule has 0 saturated heterocycles. The average Bonchev–Trinajstić information content (AvgIpc) is 2.51. The van der Waals surface area contributed by atoms with Crippen LogP contribution in [0.3, 0.4) is 0 Å². The van der Waals surface area contributed by atoms with Crippen LogP contribution in [0.5, 0.6) is 0 Å². The van der Waals surface area contributed by atoms with Gasteiger partial charge in [-0.15, -0.1) is 0 Å². The molecule has 0 N–H and O–H groups in total. The van der Waals surface area contributed by atoms with Gasteiger partial charge in [0.2, 0.25) is 5.91 Å². The molecule has 4 nitrogen and oxygen atoms in total. The lowest BCUT2D eigenvalue weighted by Crippen LogP contribution is -2.37. The monoisotopic (exact) mass is 345 g/mol. The molecule has 1 amide bonds. The molecule has 7 heteroatoms. The minimum atomic E-state index is -1.63. The highest BCUT2D eigenvalue weighted by molar-refractivity contribution is 5.85. The summed E-state index contributed by atoms with van der Waals surface area (Å²) in [6.07, 6.45) is 0.161. The molecule has 0 heterocycles. The van der Waals surface area contributed by atoms with Gasteiger partial charge in [-0.05, 0) is 29.5 Å². The quantitative estimate of drug-likeness (QED) is 0.586. The molecule has 0 aromatic heterocycles. The van der Waals surface area contributed by atoms with Crippen LogP contribution >= 0.6 is 0 Å². The van der Waals surface area contributed by atoms with Gasteiger partial charge < -0.3 is 9.64 Å². The van der Waals surface area contributed by atoms with Crippen molar-refractivity contribution in [3.05, 3.63) is 35.1 Å². The Morgan fingerprint density at radius 3 is 2.04 bits per heavy atom. The zero-order chi connectivity index (χ0) is 18.6. The summed E-state index contributed by atoms with van der Waals surface area (Å²) < 4.78 is 44.7.